The van der Waals surface area contributed by atoms with Gasteiger partial charge in [0.15, 0.2) is 11.5 Å². The van der Waals surface area contributed by atoms with Gasteiger partial charge in [-0.3, -0.25) is 9.36 Å². The molecule has 0 bridgehead atoms. The number of carbonyl (C=O) groups excluding carboxylic acids is 1. The second-order valence-electron chi connectivity index (χ2n) is 8.71. The number of pyridine rings is 4. The Morgan fingerprint density at radius 3 is 2.38 bits per heavy atom. The lowest BCUT2D eigenvalue weighted by Gasteiger charge is -2.11. The fraction of sp³-hybridized carbons (Fsp3) is 0. The largest absolute Gasteiger partial charge is 0.477 e. The van der Waals surface area contributed by atoms with Gasteiger partial charge in [-0.2, -0.15) is 0 Å². The number of nitrogen functional groups attached to an aromatic ring is 1. The Labute approximate surface area is 227 Å². The van der Waals surface area contributed by atoms with Crippen molar-refractivity contribution in [3.63, 3.8) is 0 Å². The number of nitrogens with two attached hydrogens (primary N) is 1. The van der Waals surface area contributed by atoms with Crippen molar-refractivity contribution < 1.29 is 14.7 Å². The third kappa shape index (κ3) is 4.58. The molecule has 6 aromatic rings. The molecule has 194 valence electrons. The molecule has 40 heavy (non-hydrogen) atoms. The van der Waals surface area contributed by atoms with Crippen molar-refractivity contribution in [1.82, 2.24) is 29.5 Å². The van der Waals surface area contributed by atoms with Crippen LogP contribution in [0.4, 0.5) is 11.6 Å². The summed E-state index contributed by atoms with van der Waals surface area (Å²) in [6, 6.07) is 23.3. The van der Waals surface area contributed by atoms with E-state index in [0.717, 1.165) is 11.3 Å². The van der Waals surface area contributed by atoms with Crippen molar-refractivity contribution in [3.05, 3.63) is 109 Å². The van der Waals surface area contributed by atoms with Gasteiger partial charge in [-0.15, -0.1) is 0 Å². The summed E-state index contributed by atoms with van der Waals surface area (Å²) in [4.78, 5) is 45.8. The number of nitrogens with zero attached hydrogens (tertiary/aromatic N) is 6. The maximum absolute atomic E-state index is 12.6. The molecule has 0 saturated heterocycles. The van der Waals surface area contributed by atoms with Crippen molar-refractivity contribution in [2.24, 2.45) is 0 Å². The number of hydrogen-bond donors (Lipinski definition) is 3. The lowest BCUT2D eigenvalue weighted by Crippen LogP contribution is -2.14. The quantitative estimate of drug-likeness (QED) is 0.283. The first-order valence-electron chi connectivity index (χ1n) is 12.1. The van der Waals surface area contributed by atoms with E-state index in [-0.39, 0.29) is 11.3 Å². The summed E-state index contributed by atoms with van der Waals surface area (Å²) in [5.74, 6) is -0.492. The molecule has 4 N–H and O–H groups in total. The molecule has 0 aliphatic heterocycles. The fourth-order valence-corrected chi connectivity index (χ4v) is 4.19. The first-order valence-corrected chi connectivity index (χ1v) is 12.1. The molecule has 0 aliphatic rings. The van der Waals surface area contributed by atoms with E-state index in [1.807, 2.05) is 53.1 Å². The van der Waals surface area contributed by atoms with E-state index in [2.05, 4.69) is 20.3 Å². The lowest BCUT2D eigenvalue weighted by molar-refractivity contribution is 0.0690. The molecular weight excluding hydrogens is 508 g/mol. The van der Waals surface area contributed by atoms with Gasteiger partial charge >= 0.3 is 5.97 Å². The number of carbonyl (C=O) groups is 2. The number of carboxylic acid groups (broad SMARTS) is 1. The molecule has 1 aromatic carbocycles. The molecule has 6 rings (SSSR count). The highest BCUT2D eigenvalue weighted by Crippen LogP contribution is 2.31. The van der Waals surface area contributed by atoms with Crippen LogP contribution >= 0.6 is 0 Å². The molecule has 0 unspecified atom stereocenters. The Morgan fingerprint density at radius 2 is 1.68 bits per heavy atom. The van der Waals surface area contributed by atoms with Gasteiger partial charge in [-0.05, 0) is 48.5 Å². The van der Waals surface area contributed by atoms with Crippen molar-refractivity contribution in [3.8, 4) is 28.3 Å². The van der Waals surface area contributed by atoms with Crippen LogP contribution < -0.4 is 11.1 Å². The average molecular weight is 529 g/mol. The van der Waals surface area contributed by atoms with Crippen LogP contribution in [0.15, 0.2) is 97.5 Å². The van der Waals surface area contributed by atoms with Crippen molar-refractivity contribution in [1.29, 1.82) is 0 Å². The van der Waals surface area contributed by atoms with E-state index in [4.69, 9.17) is 20.8 Å². The van der Waals surface area contributed by atoms with Crippen LogP contribution in [0.5, 0.6) is 0 Å². The minimum absolute atomic E-state index is 0.152. The number of aromatic nitrogens is 6. The van der Waals surface area contributed by atoms with Crippen LogP contribution in [0.3, 0.4) is 0 Å². The van der Waals surface area contributed by atoms with Gasteiger partial charge in [0.05, 0.1) is 28.7 Å². The monoisotopic (exact) mass is 528 g/mol. The topological polar surface area (TPSA) is 162 Å². The van der Waals surface area contributed by atoms with Crippen LogP contribution in [0.25, 0.3) is 39.5 Å². The number of benzene rings is 1. The van der Waals surface area contributed by atoms with E-state index in [9.17, 15) is 9.59 Å². The van der Waals surface area contributed by atoms with Crippen LogP contribution in [-0.4, -0.2) is 46.5 Å². The number of fused-ring (bicyclic) bond motifs is 1. The zero-order valence-electron chi connectivity index (χ0n) is 20.8. The number of nitrogens with one attached hydrogen (secondary N) is 1. The molecule has 0 radical (unpaired) electrons. The van der Waals surface area contributed by atoms with Crippen LogP contribution in [0, 0.1) is 0 Å². The van der Waals surface area contributed by atoms with Gasteiger partial charge in [-0.25, -0.2) is 29.7 Å². The summed E-state index contributed by atoms with van der Waals surface area (Å²) < 4.78 is 1.85. The zero-order valence-corrected chi connectivity index (χ0v) is 20.8. The molecule has 5 heterocycles. The van der Waals surface area contributed by atoms with Gasteiger partial charge < -0.3 is 16.2 Å². The molecule has 0 aliphatic carbocycles. The maximum atomic E-state index is 12.6. The number of hydrogen-bond acceptors (Lipinski definition) is 8. The highest BCUT2D eigenvalue weighted by atomic mass is 16.4. The third-order valence-electron chi connectivity index (χ3n) is 6.15. The van der Waals surface area contributed by atoms with Crippen LogP contribution in [0.2, 0.25) is 0 Å². The molecule has 0 saturated carbocycles. The molecule has 0 spiro atoms. The number of amides is 1. The highest BCUT2D eigenvalue weighted by Gasteiger charge is 2.19. The molecule has 0 atom stereocenters. The number of imidazole rings is 1. The second-order valence-corrected chi connectivity index (χ2v) is 8.71. The van der Waals surface area contributed by atoms with Crippen molar-refractivity contribution in [2.45, 2.75) is 0 Å². The lowest BCUT2D eigenvalue weighted by atomic mass is 10.1. The minimum Gasteiger partial charge on any atom is -0.477 e. The second kappa shape index (κ2) is 10.1. The first-order chi connectivity index (χ1) is 19.5. The maximum Gasteiger partial charge on any atom is 0.354 e. The molecule has 5 aromatic heterocycles. The molecule has 1 amide bonds. The van der Waals surface area contributed by atoms with Gasteiger partial charge in [0, 0.05) is 18.0 Å². The Morgan fingerprint density at radius 1 is 0.825 bits per heavy atom. The van der Waals surface area contributed by atoms with Gasteiger partial charge in [0.1, 0.15) is 22.8 Å². The smallest absolute Gasteiger partial charge is 0.354 e. The summed E-state index contributed by atoms with van der Waals surface area (Å²) in [7, 11) is 0. The fourth-order valence-electron chi connectivity index (χ4n) is 4.19. The normalized spacial score (nSPS) is 10.9. The van der Waals surface area contributed by atoms with E-state index < -0.39 is 11.9 Å². The van der Waals surface area contributed by atoms with E-state index >= 15 is 0 Å². The Kier molecular flexibility index (Phi) is 6.13. The number of aromatic carboxylic acids is 1. The number of rotatable bonds is 6. The summed E-state index contributed by atoms with van der Waals surface area (Å²) in [6.45, 7) is 0. The van der Waals surface area contributed by atoms with Crippen molar-refractivity contribution >= 4 is 34.7 Å². The standard InChI is InChI=1S/C29H20N8O3/c30-25-20(7-4-14-31-25)26-35-22-12-11-21(17-5-2-1-3-6-17)34-27(22)37(26)19-9-13-24(33-16-19)36-28(38)18-8-10-23(29(39)40)32-15-18/h1-16H,(H2,30,31)(H,39,40)(H,33,36,38). The van der Waals surface area contributed by atoms with Gasteiger partial charge in [0.2, 0.25) is 0 Å². The van der Waals surface area contributed by atoms with Crippen LogP contribution in [-0.2, 0) is 0 Å². The number of anilines is 2. The third-order valence-corrected chi connectivity index (χ3v) is 6.15. The van der Waals surface area contributed by atoms with Crippen LogP contribution in [0.1, 0.15) is 20.8 Å². The number of carboxylic acids is 1. The molecule has 0 fully saturated rings. The van der Waals surface area contributed by atoms with E-state index in [1.165, 1.54) is 18.3 Å². The Hall–Kier alpha value is -5.97. The Bertz CT molecular complexity index is 1870. The SMILES string of the molecule is Nc1ncccc1-c1nc2ccc(-c3ccccc3)nc2n1-c1ccc(NC(=O)c2ccc(C(=O)O)nc2)nc1. The highest BCUT2D eigenvalue weighted by molar-refractivity contribution is 6.03. The molecule has 11 nitrogen and oxygen atoms in total. The summed E-state index contributed by atoms with van der Waals surface area (Å²) in [5.41, 5.74) is 10.5. The predicted molar refractivity (Wildman–Crippen MR) is 149 cm³/mol. The molecular formula is C29H20N8O3. The van der Waals surface area contributed by atoms with Gasteiger partial charge in [-0.1, -0.05) is 30.3 Å². The summed E-state index contributed by atoms with van der Waals surface area (Å²) >= 11 is 0. The average Bonchev–Trinajstić information content (AvgIpc) is 3.37. The predicted octanol–water partition coefficient (Wildman–Crippen LogP) is 4.47. The minimum atomic E-state index is -1.17. The first kappa shape index (κ1) is 24.4. The van der Waals surface area contributed by atoms with E-state index in [1.54, 1.807) is 30.6 Å². The molecule has 11 heteroatoms. The van der Waals surface area contributed by atoms with Crippen molar-refractivity contribution in [2.75, 3.05) is 11.1 Å². The van der Waals surface area contributed by atoms with Gasteiger partial charge in [0.25, 0.3) is 5.91 Å². The summed E-state index contributed by atoms with van der Waals surface area (Å²) in [6.07, 6.45) is 4.40. The van der Waals surface area contributed by atoms with E-state index in [0.29, 0.717) is 39.9 Å². The zero-order chi connectivity index (χ0) is 27.6. The Balaban J connectivity index is 1.39. The summed E-state index contributed by atoms with van der Waals surface area (Å²) in [5, 5.41) is 11.7.